The summed E-state index contributed by atoms with van der Waals surface area (Å²) in [4.78, 5) is 0. The number of nitrogens with one attached hydrogen (secondary N) is 1. The van der Waals surface area contributed by atoms with Crippen molar-refractivity contribution in [1.82, 2.24) is 0 Å². The normalized spacial score (nSPS) is 12.2. The second kappa shape index (κ2) is 6.37. The molecule has 0 saturated heterocycles. The van der Waals surface area contributed by atoms with Gasteiger partial charge in [-0.2, -0.15) is 0 Å². The minimum atomic E-state index is -0.731. The van der Waals surface area contributed by atoms with Crippen LogP contribution in [0.25, 0.3) is 0 Å². The smallest absolute Gasteiger partial charge is 0.124 e. The number of rotatable bonds is 4. The van der Waals surface area contributed by atoms with Crippen LogP contribution in [-0.4, -0.2) is 11.7 Å². The number of aliphatic hydroxyl groups is 1. The van der Waals surface area contributed by atoms with E-state index in [1.54, 1.807) is 18.2 Å². The largest absolute Gasteiger partial charge is 0.387 e. The fourth-order valence-electron chi connectivity index (χ4n) is 1.69. The van der Waals surface area contributed by atoms with Crippen LogP contribution >= 0.6 is 27.5 Å². The van der Waals surface area contributed by atoms with E-state index in [4.69, 9.17) is 11.6 Å². The monoisotopic (exact) mass is 343 g/mol. The highest BCUT2D eigenvalue weighted by Gasteiger charge is 2.11. The van der Waals surface area contributed by atoms with Gasteiger partial charge in [-0.25, -0.2) is 4.39 Å². The minimum absolute atomic E-state index is 0.286. The third-order valence-electron chi connectivity index (χ3n) is 2.68. The molecule has 100 valence electrons. The van der Waals surface area contributed by atoms with Crippen molar-refractivity contribution in [2.24, 2.45) is 0 Å². The Labute approximate surface area is 124 Å². The fourth-order valence-corrected chi connectivity index (χ4v) is 2.45. The fraction of sp³-hybridized carbons (Fsp3) is 0.143. The van der Waals surface area contributed by atoms with Crippen molar-refractivity contribution < 1.29 is 9.50 Å². The van der Waals surface area contributed by atoms with Gasteiger partial charge < -0.3 is 10.4 Å². The van der Waals surface area contributed by atoms with Crippen LogP contribution in [0.2, 0.25) is 5.02 Å². The van der Waals surface area contributed by atoms with Crippen LogP contribution in [0.15, 0.2) is 46.9 Å². The molecule has 0 aromatic heterocycles. The zero-order chi connectivity index (χ0) is 13.8. The van der Waals surface area contributed by atoms with Gasteiger partial charge in [-0.05, 0) is 40.2 Å². The number of benzene rings is 2. The quantitative estimate of drug-likeness (QED) is 0.862. The summed E-state index contributed by atoms with van der Waals surface area (Å²) < 4.78 is 13.5. The van der Waals surface area contributed by atoms with Crippen LogP contribution in [0.3, 0.4) is 0 Å². The molecule has 1 unspecified atom stereocenters. The Morgan fingerprint density at radius 3 is 2.68 bits per heavy atom. The first-order valence-corrected chi connectivity index (χ1v) is 6.86. The summed E-state index contributed by atoms with van der Waals surface area (Å²) in [6.45, 7) is 0.286. The Hall–Kier alpha value is -1.10. The third-order valence-corrected chi connectivity index (χ3v) is 3.68. The molecule has 19 heavy (non-hydrogen) atoms. The van der Waals surface area contributed by atoms with Crippen molar-refractivity contribution >= 4 is 33.2 Å². The number of aliphatic hydroxyl groups excluding tert-OH is 1. The van der Waals surface area contributed by atoms with Gasteiger partial charge in [-0.3, -0.25) is 0 Å². The molecule has 0 bridgehead atoms. The second-order valence-corrected chi connectivity index (χ2v) is 5.30. The van der Waals surface area contributed by atoms with E-state index in [-0.39, 0.29) is 12.4 Å². The van der Waals surface area contributed by atoms with Crippen molar-refractivity contribution in [3.05, 3.63) is 63.3 Å². The molecule has 0 amide bonds. The van der Waals surface area contributed by atoms with E-state index in [2.05, 4.69) is 21.2 Å². The number of hydrogen-bond acceptors (Lipinski definition) is 2. The van der Waals surface area contributed by atoms with E-state index >= 15 is 0 Å². The summed E-state index contributed by atoms with van der Waals surface area (Å²) in [6, 6.07) is 11.5. The molecule has 2 nitrogen and oxygen atoms in total. The molecule has 0 radical (unpaired) electrons. The molecular formula is C14H12BrClFNO. The first-order chi connectivity index (χ1) is 9.08. The van der Waals surface area contributed by atoms with Crippen LogP contribution in [0.4, 0.5) is 10.1 Å². The van der Waals surface area contributed by atoms with Gasteiger partial charge in [-0.15, -0.1) is 0 Å². The summed E-state index contributed by atoms with van der Waals surface area (Å²) in [5.74, 6) is -0.316. The first kappa shape index (κ1) is 14.3. The molecule has 2 rings (SSSR count). The zero-order valence-corrected chi connectivity index (χ0v) is 12.2. The van der Waals surface area contributed by atoms with Gasteiger partial charge >= 0.3 is 0 Å². The zero-order valence-electron chi connectivity index (χ0n) is 9.91. The molecule has 2 aromatic rings. The van der Waals surface area contributed by atoms with Gasteiger partial charge in [0.05, 0.1) is 6.10 Å². The Balaban J connectivity index is 2.04. The molecule has 0 fully saturated rings. The van der Waals surface area contributed by atoms with Crippen LogP contribution in [0, 0.1) is 5.82 Å². The van der Waals surface area contributed by atoms with Gasteiger partial charge in [0.25, 0.3) is 0 Å². The topological polar surface area (TPSA) is 32.3 Å². The highest BCUT2D eigenvalue weighted by Crippen LogP contribution is 2.26. The first-order valence-electron chi connectivity index (χ1n) is 5.69. The summed E-state index contributed by atoms with van der Waals surface area (Å²) >= 11 is 9.26. The molecular weight excluding hydrogens is 333 g/mol. The predicted molar refractivity (Wildman–Crippen MR) is 79.0 cm³/mol. The molecule has 2 aromatic carbocycles. The lowest BCUT2D eigenvalue weighted by Crippen LogP contribution is -2.12. The molecule has 5 heteroatoms. The van der Waals surface area contributed by atoms with Crippen LogP contribution in [-0.2, 0) is 0 Å². The minimum Gasteiger partial charge on any atom is -0.387 e. The number of anilines is 1. The van der Waals surface area contributed by atoms with Gasteiger partial charge in [0, 0.05) is 27.3 Å². The van der Waals surface area contributed by atoms with E-state index < -0.39 is 6.10 Å². The molecule has 0 aliphatic carbocycles. The highest BCUT2D eigenvalue weighted by atomic mass is 79.9. The van der Waals surface area contributed by atoms with Gasteiger partial charge in [0.2, 0.25) is 0 Å². The Morgan fingerprint density at radius 1 is 1.26 bits per heavy atom. The van der Waals surface area contributed by atoms with Crippen LogP contribution in [0.1, 0.15) is 11.7 Å². The molecule has 0 heterocycles. The third kappa shape index (κ3) is 3.69. The van der Waals surface area contributed by atoms with Crippen molar-refractivity contribution in [2.45, 2.75) is 6.10 Å². The summed E-state index contributed by atoms with van der Waals surface area (Å²) in [5, 5.41) is 13.6. The molecule has 0 saturated carbocycles. The maximum Gasteiger partial charge on any atom is 0.124 e. The van der Waals surface area contributed by atoms with Gasteiger partial charge in [0.15, 0.2) is 0 Å². The van der Waals surface area contributed by atoms with E-state index in [1.807, 2.05) is 12.1 Å². The number of halogens is 3. The second-order valence-electron chi connectivity index (χ2n) is 4.04. The Bertz CT molecular complexity index is 579. The maximum atomic E-state index is 12.9. The van der Waals surface area contributed by atoms with Crippen molar-refractivity contribution in [2.75, 3.05) is 11.9 Å². The molecule has 1 atom stereocenters. The molecule has 0 aliphatic rings. The van der Waals surface area contributed by atoms with Crippen molar-refractivity contribution in [3.8, 4) is 0 Å². The molecule has 0 spiro atoms. The molecule has 0 aliphatic heterocycles. The average Bonchev–Trinajstić information content (AvgIpc) is 2.38. The Morgan fingerprint density at radius 2 is 2.00 bits per heavy atom. The maximum absolute atomic E-state index is 12.9. The number of hydrogen-bond donors (Lipinski definition) is 2. The standard InChI is InChI=1S/C14H12BrClFNO/c15-11-7-9(17)5-6-13(11)18-8-14(19)10-3-1-2-4-12(10)16/h1-7,14,18-19H,8H2. The SMILES string of the molecule is OC(CNc1ccc(F)cc1Br)c1ccccc1Cl. The van der Waals surface area contributed by atoms with E-state index in [9.17, 15) is 9.50 Å². The lowest BCUT2D eigenvalue weighted by molar-refractivity contribution is 0.191. The highest BCUT2D eigenvalue weighted by molar-refractivity contribution is 9.10. The summed E-state index contributed by atoms with van der Waals surface area (Å²) in [5.41, 5.74) is 1.38. The lowest BCUT2D eigenvalue weighted by atomic mass is 10.1. The predicted octanol–water partition coefficient (Wildman–Crippen LogP) is 4.39. The average molecular weight is 345 g/mol. The van der Waals surface area contributed by atoms with Crippen LogP contribution in [0.5, 0.6) is 0 Å². The molecule has 2 N–H and O–H groups in total. The summed E-state index contributed by atoms with van der Waals surface area (Å²) in [6.07, 6.45) is -0.731. The van der Waals surface area contributed by atoms with E-state index in [1.165, 1.54) is 12.1 Å². The van der Waals surface area contributed by atoms with E-state index in [0.29, 0.717) is 20.7 Å². The van der Waals surface area contributed by atoms with Crippen molar-refractivity contribution in [3.63, 3.8) is 0 Å². The van der Waals surface area contributed by atoms with Crippen LogP contribution < -0.4 is 5.32 Å². The lowest BCUT2D eigenvalue weighted by Gasteiger charge is -2.15. The van der Waals surface area contributed by atoms with Gasteiger partial charge in [-0.1, -0.05) is 29.8 Å². The summed E-state index contributed by atoms with van der Waals surface area (Å²) in [7, 11) is 0. The Kier molecular flexibility index (Phi) is 4.80. The van der Waals surface area contributed by atoms with E-state index in [0.717, 1.165) is 0 Å². The van der Waals surface area contributed by atoms with Gasteiger partial charge in [0.1, 0.15) is 5.82 Å². The van der Waals surface area contributed by atoms with Crippen molar-refractivity contribution in [1.29, 1.82) is 0 Å².